The highest BCUT2D eigenvalue weighted by molar-refractivity contribution is 7.14. The normalized spacial score (nSPS) is 20.3. The summed E-state index contributed by atoms with van der Waals surface area (Å²) in [7, 11) is -5.17. The van der Waals surface area contributed by atoms with Crippen molar-refractivity contribution in [3.8, 4) is 0 Å². The molecule has 4 aliphatic rings. The number of rotatable bonds is 32. The molecule has 0 saturated heterocycles. The van der Waals surface area contributed by atoms with Crippen LogP contribution in [0.25, 0.3) is 0 Å². The lowest BCUT2D eigenvalue weighted by atomic mass is 9.77. The fourth-order valence-electron chi connectivity index (χ4n) is 9.37. The Labute approximate surface area is 625 Å². The van der Waals surface area contributed by atoms with E-state index in [1.807, 2.05) is 0 Å². The van der Waals surface area contributed by atoms with Crippen LogP contribution in [0.3, 0.4) is 0 Å². The lowest BCUT2D eigenvalue weighted by molar-refractivity contribution is -0.143. The summed E-state index contributed by atoms with van der Waals surface area (Å²) in [6.45, 7) is 3.86. The number of hydrogen-bond acceptors (Lipinski definition) is 32. The lowest BCUT2D eigenvalue weighted by Gasteiger charge is -2.20. The van der Waals surface area contributed by atoms with Crippen molar-refractivity contribution in [3.63, 3.8) is 0 Å². The number of carboxylic acid groups (broad SMARTS) is 2. The molecule has 0 unspecified atom stereocenters. The summed E-state index contributed by atoms with van der Waals surface area (Å²) < 4.78 is 21.7. The predicted octanol–water partition coefficient (Wildman–Crippen LogP) is 1.34. The van der Waals surface area contributed by atoms with E-state index >= 15 is 0 Å². The monoisotopic (exact) mass is 1550 g/mol. The zero-order chi connectivity index (χ0) is 77.5. The van der Waals surface area contributed by atoms with Gasteiger partial charge in [-0.2, -0.15) is 0 Å². The van der Waals surface area contributed by atoms with E-state index in [0.29, 0.717) is 32.4 Å². The van der Waals surface area contributed by atoms with Gasteiger partial charge in [-0.15, -0.1) is 45.3 Å². The Bertz CT molecular complexity index is 3510. The maximum absolute atomic E-state index is 12.6. The molecule has 0 radical (unpaired) electrons. The molecule has 0 saturated carbocycles. The Morgan fingerprint density at radius 2 is 0.632 bits per heavy atom. The van der Waals surface area contributed by atoms with Crippen LogP contribution < -0.4 is 21.3 Å². The van der Waals surface area contributed by atoms with Crippen molar-refractivity contribution in [2.45, 2.75) is 127 Å². The van der Waals surface area contributed by atoms with Gasteiger partial charge < -0.3 is 99.8 Å². The van der Waals surface area contributed by atoms with Crippen LogP contribution in [0.2, 0.25) is 0 Å². The van der Waals surface area contributed by atoms with E-state index in [1.54, 1.807) is 119 Å². The summed E-state index contributed by atoms with van der Waals surface area (Å²) in [4.78, 5) is 138. The summed E-state index contributed by atoms with van der Waals surface area (Å²) in [5.74, 6) is -7.99. The third-order valence-corrected chi connectivity index (χ3v) is 17.6. The number of carbonyl (C=O) groups is 10. The molecule has 4 amide bonds. The molecule has 8 atom stereocenters. The van der Waals surface area contributed by atoms with Gasteiger partial charge in [0.2, 0.25) is 13.2 Å². The number of ketones is 4. The van der Waals surface area contributed by atoms with Gasteiger partial charge in [-0.1, -0.05) is 93.5 Å². The molecule has 568 valence electrons. The second-order valence-electron chi connectivity index (χ2n) is 23.0. The fraction of sp³-hybridized carbons (Fsp3) is 0.406. The number of carboxylic acids is 2. The molecule has 4 aliphatic heterocycles. The Morgan fingerprint density at radius 3 is 0.821 bits per heavy atom. The van der Waals surface area contributed by atoms with Crippen LogP contribution in [0.1, 0.15) is 98.6 Å². The highest BCUT2D eigenvalue weighted by Crippen LogP contribution is 2.21. The number of amides is 4. The molecule has 0 spiro atoms. The van der Waals surface area contributed by atoms with Crippen molar-refractivity contribution in [1.82, 2.24) is 21.3 Å². The number of aliphatic carboxylic acids is 2. The van der Waals surface area contributed by atoms with Crippen LogP contribution in [0.4, 0.5) is 0 Å². The molecule has 8 heterocycles. The number of thiophene rings is 4. The average molecular weight is 1550 g/mol. The van der Waals surface area contributed by atoms with Gasteiger partial charge in [0.25, 0.3) is 23.6 Å². The quantitative estimate of drug-likeness (QED) is 0.0108. The number of aliphatic hydroxyl groups is 2. The number of oxime groups is 4. The minimum absolute atomic E-state index is 0.0349. The average Bonchev–Trinajstić information content (AvgIpc) is 1.67. The molecule has 34 nitrogen and oxygen atoms in total. The summed E-state index contributed by atoms with van der Waals surface area (Å²) in [6, 6.07) is 13.7. The number of nitrogens with zero attached hydrogens (tertiary/aromatic N) is 4. The van der Waals surface area contributed by atoms with Crippen LogP contribution in [0, 0.1) is 0 Å². The highest BCUT2D eigenvalue weighted by atomic mass is 32.1. The smallest absolute Gasteiger partial charge is 0.478 e. The number of carbonyl (C=O) groups excluding carboxylic acids is 8. The topological polar surface area (TPSA) is 504 Å². The van der Waals surface area contributed by atoms with Crippen molar-refractivity contribution < 1.29 is 126 Å². The van der Waals surface area contributed by atoms with Gasteiger partial charge in [-0.05, 0) is 99.2 Å². The molecule has 42 heteroatoms. The molecule has 106 heavy (non-hydrogen) atoms. The molecule has 0 aromatic carbocycles. The van der Waals surface area contributed by atoms with Crippen molar-refractivity contribution in [1.29, 1.82) is 0 Å². The maximum Gasteiger partial charge on any atom is 0.478 e. The van der Waals surface area contributed by atoms with Crippen LogP contribution in [0.15, 0.2) is 139 Å². The highest BCUT2D eigenvalue weighted by Gasteiger charge is 2.38. The minimum Gasteiger partial charge on any atom is -0.479 e. The molecule has 0 aliphatic carbocycles. The molecule has 0 fully saturated rings. The van der Waals surface area contributed by atoms with Gasteiger partial charge in [0.05, 0.1) is 80.9 Å². The predicted molar refractivity (Wildman–Crippen MR) is 392 cm³/mol. The molecular formula is C64H80B4N8O26S4. The second-order valence-corrected chi connectivity index (χ2v) is 26.8. The largest absolute Gasteiger partial charge is 0.479 e. The van der Waals surface area contributed by atoms with Gasteiger partial charge in [-0.3, -0.25) is 38.4 Å². The first-order valence-electron chi connectivity index (χ1n) is 32.6. The van der Waals surface area contributed by atoms with Crippen molar-refractivity contribution in [3.05, 3.63) is 138 Å². The van der Waals surface area contributed by atoms with Crippen LogP contribution in [-0.2, 0) is 85.9 Å². The van der Waals surface area contributed by atoms with E-state index in [0.717, 1.165) is 0 Å². The van der Waals surface area contributed by atoms with Gasteiger partial charge in [0, 0.05) is 25.7 Å². The van der Waals surface area contributed by atoms with E-state index in [1.165, 1.54) is 73.0 Å². The Morgan fingerprint density at radius 1 is 0.406 bits per heavy atom. The van der Waals surface area contributed by atoms with E-state index in [9.17, 15) is 68.0 Å². The number of aliphatic hydroxyl groups excluding tert-OH is 2. The lowest BCUT2D eigenvalue weighted by Crippen LogP contribution is -2.50. The van der Waals surface area contributed by atoms with Gasteiger partial charge in [0.1, 0.15) is 36.3 Å². The zero-order valence-corrected chi connectivity index (χ0v) is 61.0. The first kappa shape index (κ1) is 87.6. The zero-order valence-electron chi connectivity index (χ0n) is 57.7. The minimum atomic E-state index is -1.32. The third-order valence-electron chi connectivity index (χ3n) is 14.1. The molecule has 4 aromatic heterocycles. The van der Waals surface area contributed by atoms with E-state index in [2.05, 4.69) is 41.9 Å². The molecule has 0 bridgehead atoms. The van der Waals surface area contributed by atoms with Crippen LogP contribution >= 0.6 is 45.3 Å². The van der Waals surface area contributed by atoms with Gasteiger partial charge >= 0.3 is 40.4 Å². The van der Waals surface area contributed by atoms with E-state index < -0.39 is 125 Å². The second kappa shape index (κ2) is 47.5. The first-order valence-corrected chi connectivity index (χ1v) is 36.1. The van der Waals surface area contributed by atoms with E-state index in [-0.39, 0.29) is 111 Å². The van der Waals surface area contributed by atoms with Crippen LogP contribution in [-0.4, -0.2) is 238 Å². The number of Topliss-reactive ketones (excluding diaryl/α,β-unsaturated/α-hetero) is 4. The summed E-state index contributed by atoms with van der Waals surface area (Å²) in [6.07, 6.45) is 13.4. The first-order chi connectivity index (χ1) is 50.7. The Balaban J connectivity index is 0.000000254. The van der Waals surface area contributed by atoms with Crippen LogP contribution in [0.5, 0.6) is 0 Å². The number of hydrogen-bond donors (Lipinski definition) is 12. The Hall–Kier alpha value is -9.00. The number of nitrogens with one attached hydrogen (secondary N) is 4. The Kier molecular flexibility index (Phi) is 39.3. The molecular weight excluding hydrogens is 1470 g/mol. The SMILES string of the molecule is CC(=O)C[C@H]1C=CC[C@H](NC(=O)/C(=N/OCC(=O)O)c2cccs2)B(O)O1.CC(=O)C[C@H]1C=CC[C@H](NC(=O)/C(=N\OCC(=O)O)c2cccs2)B(O)O1.CC(=O)C[C@H]1C=CC[C@H](NC(=O)/C(=N\OCCO)c2cccs2)B(O)O1.CC(=O)C[C@H]1C=CC[C@H](NC(=O)/C(=N\OCCO)c2cccs2)B(O)O1. The van der Waals surface area contributed by atoms with E-state index in [4.69, 9.17) is 58.4 Å². The summed E-state index contributed by atoms with van der Waals surface area (Å²) in [5, 5.41) is 108. The molecule has 8 rings (SSSR count). The molecule has 4 aromatic rings. The standard InChI is InChI=1S/2C16H19BN2O7S.2C16H21BN2O6S/c2*1-10(20)8-11-4-2-6-13(17(24)26-11)18-16(23)15(12-5-3-7-27-12)19-25-9-14(21)22;2*1-11(21)10-12-4-2-6-14(17(23)25-12)18-16(22)15(19-24-8-7-20)13-5-3-9-26-13/h2*2-5,7,11,13,24H,6,8-9H2,1H3,(H,18,23)(H,21,22);2*2-5,9,12,14,20,23H,6-8,10H2,1H3,(H,18,22)/b19-15+;3*19-15-/t2*11-,13+;2*12-,14+/m1111/s1. The third kappa shape index (κ3) is 32.4. The summed E-state index contributed by atoms with van der Waals surface area (Å²) >= 11 is 5.08. The van der Waals surface area contributed by atoms with Gasteiger partial charge in [-0.25, -0.2) is 9.59 Å². The van der Waals surface area contributed by atoms with Crippen molar-refractivity contribution >= 4 is 155 Å². The summed E-state index contributed by atoms with van der Waals surface area (Å²) in [5.41, 5.74) is -0.109. The maximum atomic E-state index is 12.6. The van der Waals surface area contributed by atoms with Crippen molar-refractivity contribution in [2.24, 2.45) is 20.6 Å². The van der Waals surface area contributed by atoms with Crippen molar-refractivity contribution in [2.75, 3.05) is 39.6 Å². The fourth-order valence-corrected chi connectivity index (χ4v) is 12.2. The molecule has 12 N–H and O–H groups in total. The van der Waals surface area contributed by atoms with Gasteiger partial charge in [0.15, 0.2) is 22.8 Å².